The van der Waals surface area contributed by atoms with Crippen LogP contribution in [-0.4, -0.2) is 16.8 Å². The first-order valence-corrected chi connectivity index (χ1v) is 6.38. The van der Waals surface area contributed by atoms with Crippen molar-refractivity contribution in [3.63, 3.8) is 0 Å². The van der Waals surface area contributed by atoms with Crippen LogP contribution in [0.3, 0.4) is 0 Å². The quantitative estimate of drug-likeness (QED) is 0.801. The molecule has 1 saturated carbocycles. The standard InChI is InChI=1S/C11H16N2OS/c12-9-4-2-1-3-8(9)5-11(14)10-6-15-7-13-10/h6-9H,1-5,12H2. The molecule has 1 aliphatic carbocycles. The van der Waals surface area contributed by atoms with E-state index in [1.165, 1.54) is 24.2 Å². The molecule has 0 bridgehead atoms. The van der Waals surface area contributed by atoms with E-state index >= 15 is 0 Å². The van der Waals surface area contributed by atoms with Crippen LogP contribution in [0.5, 0.6) is 0 Å². The molecule has 0 aliphatic heterocycles. The second-order valence-corrected chi connectivity index (χ2v) is 4.93. The molecule has 2 atom stereocenters. The molecule has 0 amide bonds. The van der Waals surface area contributed by atoms with Crippen molar-refractivity contribution in [2.75, 3.05) is 0 Å². The number of hydrogen-bond donors (Lipinski definition) is 1. The third-order valence-electron chi connectivity index (χ3n) is 3.13. The monoisotopic (exact) mass is 224 g/mol. The Morgan fingerprint density at radius 3 is 3.00 bits per heavy atom. The third-order valence-corrected chi connectivity index (χ3v) is 3.72. The molecule has 4 heteroatoms. The van der Waals surface area contributed by atoms with E-state index in [4.69, 9.17) is 5.73 Å². The van der Waals surface area contributed by atoms with Gasteiger partial charge in [-0.2, -0.15) is 0 Å². The van der Waals surface area contributed by atoms with Crippen LogP contribution in [-0.2, 0) is 0 Å². The number of aromatic nitrogens is 1. The largest absolute Gasteiger partial charge is 0.327 e. The molecule has 82 valence electrons. The molecule has 0 radical (unpaired) electrons. The lowest BCUT2D eigenvalue weighted by Crippen LogP contribution is -2.34. The van der Waals surface area contributed by atoms with Gasteiger partial charge in [0.1, 0.15) is 5.69 Å². The Hall–Kier alpha value is -0.740. The third kappa shape index (κ3) is 2.63. The number of carbonyl (C=O) groups excluding carboxylic acids is 1. The summed E-state index contributed by atoms with van der Waals surface area (Å²) in [5.74, 6) is 0.520. The Morgan fingerprint density at radius 2 is 2.33 bits per heavy atom. The van der Waals surface area contributed by atoms with Gasteiger partial charge in [-0.25, -0.2) is 4.98 Å². The molecule has 2 rings (SSSR count). The van der Waals surface area contributed by atoms with Crippen LogP contribution in [0.25, 0.3) is 0 Å². The number of thiazole rings is 1. The van der Waals surface area contributed by atoms with Crippen LogP contribution >= 0.6 is 11.3 Å². The van der Waals surface area contributed by atoms with E-state index in [1.807, 2.05) is 5.38 Å². The normalized spacial score (nSPS) is 26.5. The van der Waals surface area contributed by atoms with Crippen LogP contribution in [0.1, 0.15) is 42.6 Å². The Morgan fingerprint density at radius 1 is 1.53 bits per heavy atom. The highest BCUT2D eigenvalue weighted by molar-refractivity contribution is 7.07. The fraction of sp³-hybridized carbons (Fsp3) is 0.636. The summed E-state index contributed by atoms with van der Waals surface area (Å²) in [6, 6.07) is 0.210. The van der Waals surface area contributed by atoms with Gasteiger partial charge < -0.3 is 5.73 Å². The second-order valence-electron chi connectivity index (χ2n) is 4.21. The van der Waals surface area contributed by atoms with Crippen LogP contribution in [0.15, 0.2) is 10.9 Å². The molecule has 1 aliphatic rings. The SMILES string of the molecule is NC1CCCCC1CC(=O)c1cscn1. The van der Waals surface area contributed by atoms with E-state index in [-0.39, 0.29) is 11.8 Å². The van der Waals surface area contributed by atoms with Gasteiger partial charge in [-0.1, -0.05) is 12.8 Å². The summed E-state index contributed by atoms with van der Waals surface area (Å²) < 4.78 is 0. The highest BCUT2D eigenvalue weighted by Crippen LogP contribution is 2.26. The molecule has 2 unspecified atom stereocenters. The molecule has 1 heterocycles. The van der Waals surface area contributed by atoms with Crippen LogP contribution in [0.4, 0.5) is 0 Å². The lowest BCUT2D eigenvalue weighted by molar-refractivity contribution is 0.0938. The van der Waals surface area contributed by atoms with Crippen molar-refractivity contribution in [1.29, 1.82) is 0 Å². The summed E-state index contributed by atoms with van der Waals surface area (Å²) in [4.78, 5) is 15.8. The van der Waals surface area contributed by atoms with Gasteiger partial charge in [-0.15, -0.1) is 11.3 Å². The number of nitrogens with two attached hydrogens (primary N) is 1. The van der Waals surface area contributed by atoms with Crippen molar-refractivity contribution in [2.24, 2.45) is 11.7 Å². The number of nitrogens with zero attached hydrogens (tertiary/aromatic N) is 1. The summed E-state index contributed by atoms with van der Waals surface area (Å²) in [7, 11) is 0. The van der Waals surface area contributed by atoms with E-state index in [0.29, 0.717) is 18.0 Å². The summed E-state index contributed by atoms with van der Waals surface area (Å²) in [5.41, 5.74) is 8.32. The van der Waals surface area contributed by atoms with Crippen LogP contribution in [0, 0.1) is 5.92 Å². The smallest absolute Gasteiger partial charge is 0.182 e. The highest BCUT2D eigenvalue weighted by atomic mass is 32.1. The fourth-order valence-corrected chi connectivity index (χ4v) is 2.74. The molecule has 2 N–H and O–H groups in total. The predicted molar refractivity (Wildman–Crippen MR) is 61.0 cm³/mol. The van der Waals surface area contributed by atoms with Crippen molar-refractivity contribution in [2.45, 2.75) is 38.1 Å². The summed E-state index contributed by atoms with van der Waals surface area (Å²) in [6.07, 6.45) is 5.15. The van der Waals surface area contributed by atoms with Crippen molar-refractivity contribution in [1.82, 2.24) is 4.98 Å². The maximum Gasteiger partial charge on any atom is 0.182 e. The first-order valence-electron chi connectivity index (χ1n) is 5.44. The molecular formula is C11H16N2OS. The minimum absolute atomic E-state index is 0.151. The zero-order valence-corrected chi connectivity index (χ0v) is 9.50. The Kier molecular flexibility index (Phi) is 3.49. The molecule has 1 aromatic heterocycles. The lowest BCUT2D eigenvalue weighted by atomic mass is 9.82. The fourth-order valence-electron chi connectivity index (χ4n) is 2.18. The van der Waals surface area contributed by atoms with Gasteiger partial charge >= 0.3 is 0 Å². The Balaban J connectivity index is 1.93. The van der Waals surface area contributed by atoms with E-state index in [9.17, 15) is 4.79 Å². The topological polar surface area (TPSA) is 56.0 Å². The number of ketones is 1. The average Bonchev–Trinajstić information content (AvgIpc) is 2.74. The first-order chi connectivity index (χ1) is 7.27. The van der Waals surface area contributed by atoms with Crippen LogP contribution in [0.2, 0.25) is 0 Å². The van der Waals surface area contributed by atoms with E-state index in [2.05, 4.69) is 4.98 Å². The number of Topliss-reactive ketones (excluding diaryl/α,β-unsaturated/α-hetero) is 1. The molecule has 3 nitrogen and oxygen atoms in total. The summed E-state index contributed by atoms with van der Waals surface area (Å²) in [6.45, 7) is 0. The van der Waals surface area contributed by atoms with Gasteiger partial charge in [-0.3, -0.25) is 4.79 Å². The van der Waals surface area contributed by atoms with Crippen LogP contribution < -0.4 is 5.73 Å². The number of carbonyl (C=O) groups is 1. The van der Waals surface area contributed by atoms with Gasteiger partial charge in [0.2, 0.25) is 0 Å². The lowest BCUT2D eigenvalue weighted by Gasteiger charge is -2.27. The van der Waals surface area contributed by atoms with Crippen molar-refractivity contribution >= 4 is 17.1 Å². The molecular weight excluding hydrogens is 208 g/mol. The first kappa shape index (κ1) is 10.8. The summed E-state index contributed by atoms with van der Waals surface area (Å²) >= 11 is 1.47. The van der Waals surface area contributed by atoms with Gasteiger partial charge in [-0.05, 0) is 18.8 Å². The molecule has 1 aromatic rings. The van der Waals surface area contributed by atoms with Gasteiger partial charge in [0.05, 0.1) is 5.51 Å². The Bertz CT molecular complexity index is 323. The molecule has 15 heavy (non-hydrogen) atoms. The molecule has 1 fully saturated rings. The number of rotatable bonds is 3. The molecule has 0 saturated heterocycles. The predicted octanol–water partition coefficient (Wildman–Crippen LogP) is 2.23. The molecule has 0 aromatic carbocycles. The highest BCUT2D eigenvalue weighted by Gasteiger charge is 2.24. The van der Waals surface area contributed by atoms with Crippen molar-refractivity contribution < 1.29 is 4.79 Å². The van der Waals surface area contributed by atoms with Crippen molar-refractivity contribution in [3.05, 3.63) is 16.6 Å². The minimum Gasteiger partial charge on any atom is -0.327 e. The number of hydrogen-bond acceptors (Lipinski definition) is 4. The van der Waals surface area contributed by atoms with Gasteiger partial charge in [0.15, 0.2) is 5.78 Å². The van der Waals surface area contributed by atoms with Gasteiger partial charge in [0.25, 0.3) is 0 Å². The minimum atomic E-state index is 0.151. The summed E-state index contributed by atoms with van der Waals surface area (Å²) in [5, 5.41) is 1.82. The molecule has 0 spiro atoms. The Labute approximate surface area is 93.7 Å². The van der Waals surface area contributed by atoms with Crippen molar-refractivity contribution in [3.8, 4) is 0 Å². The maximum absolute atomic E-state index is 11.8. The van der Waals surface area contributed by atoms with Gasteiger partial charge in [0, 0.05) is 17.8 Å². The zero-order chi connectivity index (χ0) is 10.7. The van der Waals surface area contributed by atoms with E-state index in [0.717, 1.165) is 12.8 Å². The van der Waals surface area contributed by atoms with E-state index < -0.39 is 0 Å². The average molecular weight is 224 g/mol. The van der Waals surface area contributed by atoms with E-state index in [1.54, 1.807) is 5.51 Å². The zero-order valence-electron chi connectivity index (χ0n) is 8.69. The maximum atomic E-state index is 11.8. The second kappa shape index (κ2) is 4.86.